The Labute approximate surface area is 107 Å². The van der Waals surface area contributed by atoms with Crippen LogP contribution in [0.3, 0.4) is 0 Å². The first kappa shape index (κ1) is 12.2. The third-order valence-electron chi connectivity index (χ3n) is 2.98. The summed E-state index contributed by atoms with van der Waals surface area (Å²) in [6.45, 7) is 0.634. The standard InChI is InChI=1S/C13H17ClN2O/c14-6-3-7-15-13(17)16-12-8-10-4-1-2-5-11(10)9-12/h1-2,4-5,12H,3,6-9H2,(H2,15,16,17). The molecule has 2 amide bonds. The van der Waals surface area contributed by atoms with Gasteiger partial charge < -0.3 is 10.6 Å². The van der Waals surface area contributed by atoms with Crippen molar-refractivity contribution < 1.29 is 4.79 Å². The molecule has 0 bridgehead atoms. The van der Waals surface area contributed by atoms with Crippen molar-refractivity contribution in [2.24, 2.45) is 0 Å². The molecule has 4 heteroatoms. The van der Waals surface area contributed by atoms with Crippen LogP contribution in [0.5, 0.6) is 0 Å². The third kappa shape index (κ3) is 3.37. The highest BCUT2D eigenvalue weighted by Gasteiger charge is 2.21. The smallest absolute Gasteiger partial charge is 0.315 e. The normalized spacial score (nSPS) is 14.4. The molecular weight excluding hydrogens is 236 g/mol. The van der Waals surface area contributed by atoms with E-state index in [-0.39, 0.29) is 12.1 Å². The number of fused-ring (bicyclic) bond motifs is 1. The van der Waals surface area contributed by atoms with Crippen molar-refractivity contribution in [3.05, 3.63) is 35.4 Å². The largest absolute Gasteiger partial charge is 0.338 e. The van der Waals surface area contributed by atoms with Crippen LogP contribution in [0.15, 0.2) is 24.3 Å². The number of rotatable bonds is 4. The highest BCUT2D eigenvalue weighted by molar-refractivity contribution is 6.17. The fourth-order valence-electron chi connectivity index (χ4n) is 2.17. The zero-order chi connectivity index (χ0) is 12.1. The van der Waals surface area contributed by atoms with Gasteiger partial charge in [-0.3, -0.25) is 0 Å². The zero-order valence-corrected chi connectivity index (χ0v) is 10.5. The van der Waals surface area contributed by atoms with Crippen molar-refractivity contribution in [3.63, 3.8) is 0 Å². The van der Waals surface area contributed by atoms with Crippen LogP contribution in [-0.2, 0) is 12.8 Å². The van der Waals surface area contributed by atoms with E-state index in [0.717, 1.165) is 19.3 Å². The molecule has 0 spiro atoms. The van der Waals surface area contributed by atoms with Gasteiger partial charge in [0.05, 0.1) is 0 Å². The Balaban J connectivity index is 1.77. The lowest BCUT2D eigenvalue weighted by atomic mass is 10.1. The van der Waals surface area contributed by atoms with Crippen LogP contribution in [0, 0.1) is 0 Å². The van der Waals surface area contributed by atoms with E-state index in [2.05, 4.69) is 22.8 Å². The lowest BCUT2D eigenvalue weighted by molar-refractivity contribution is 0.237. The maximum atomic E-state index is 11.6. The van der Waals surface area contributed by atoms with E-state index in [4.69, 9.17) is 11.6 Å². The van der Waals surface area contributed by atoms with E-state index < -0.39 is 0 Å². The van der Waals surface area contributed by atoms with Gasteiger partial charge in [0.15, 0.2) is 0 Å². The molecule has 0 atom stereocenters. The summed E-state index contributed by atoms with van der Waals surface area (Å²) < 4.78 is 0. The molecule has 0 fully saturated rings. The quantitative estimate of drug-likeness (QED) is 0.625. The molecule has 1 aliphatic rings. The Hall–Kier alpha value is -1.22. The molecular formula is C13H17ClN2O. The summed E-state index contributed by atoms with van der Waals surface area (Å²) in [5.41, 5.74) is 2.69. The van der Waals surface area contributed by atoms with Gasteiger partial charge in [0.2, 0.25) is 0 Å². The second kappa shape index (κ2) is 5.92. The molecule has 2 rings (SSSR count). The number of carbonyl (C=O) groups excluding carboxylic acids is 1. The molecule has 3 nitrogen and oxygen atoms in total. The van der Waals surface area contributed by atoms with Gasteiger partial charge >= 0.3 is 6.03 Å². The van der Waals surface area contributed by atoms with Crippen LogP contribution >= 0.6 is 11.6 Å². The SMILES string of the molecule is O=C(NCCCCl)NC1Cc2ccccc2C1. The Morgan fingerprint density at radius 3 is 2.53 bits per heavy atom. The number of halogens is 1. The van der Waals surface area contributed by atoms with Crippen molar-refractivity contribution in [3.8, 4) is 0 Å². The average molecular weight is 253 g/mol. The number of hydrogen-bond acceptors (Lipinski definition) is 1. The number of carbonyl (C=O) groups is 1. The van der Waals surface area contributed by atoms with Gasteiger partial charge in [-0.15, -0.1) is 11.6 Å². The topological polar surface area (TPSA) is 41.1 Å². The Bertz CT molecular complexity index is 370. The van der Waals surface area contributed by atoms with Gasteiger partial charge in [-0.2, -0.15) is 0 Å². The van der Waals surface area contributed by atoms with Crippen LogP contribution in [-0.4, -0.2) is 24.5 Å². The van der Waals surface area contributed by atoms with Gasteiger partial charge in [0.1, 0.15) is 0 Å². The van der Waals surface area contributed by atoms with Crippen LogP contribution in [0.4, 0.5) is 4.79 Å². The van der Waals surface area contributed by atoms with Crippen molar-refractivity contribution in [1.29, 1.82) is 0 Å². The Morgan fingerprint density at radius 1 is 1.29 bits per heavy atom. The first-order valence-electron chi connectivity index (χ1n) is 5.96. The van der Waals surface area contributed by atoms with E-state index in [1.165, 1.54) is 11.1 Å². The highest BCUT2D eigenvalue weighted by atomic mass is 35.5. The van der Waals surface area contributed by atoms with E-state index in [1.807, 2.05) is 12.1 Å². The summed E-state index contributed by atoms with van der Waals surface area (Å²) in [7, 11) is 0. The van der Waals surface area contributed by atoms with Gasteiger partial charge in [-0.25, -0.2) is 4.79 Å². The average Bonchev–Trinajstić information content (AvgIpc) is 2.71. The highest BCUT2D eigenvalue weighted by Crippen LogP contribution is 2.21. The van der Waals surface area contributed by atoms with Crippen LogP contribution in [0.1, 0.15) is 17.5 Å². The van der Waals surface area contributed by atoms with Crippen molar-refractivity contribution in [2.45, 2.75) is 25.3 Å². The summed E-state index contributed by atoms with van der Waals surface area (Å²) in [5.74, 6) is 0.579. The number of benzene rings is 1. The summed E-state index contributed by atoms with van der Waals surface area (Å²) in [6.07, 6.45) is 2.66. The molecule has 0 aliphatic heterocycles. The van der Waals surface area contributed by atoms with Crippen LogP contribution in [0.25, 0.3) is 0 Å². The third-order valence-corrected chi connectivity index (χ3v) is 3.25. The number of alkyl halides is 1. The minimum Gasteiger partial charge on any atom is -0.338 e. The first-order valence-corrected chi connectivity index (χ1v) is 6.50. The fourth-order valence-corrected chi connectivity index (χ4v) is 2.30. The zero-order valence-electron chi connectivity index (χ0n) is 9.71. The minimum absolute atomic E-state index is 0.0899. The number of nitrogens with one attached hydrogen (secondary N) is 2. The molecule has 1 aliphatic carbocycles. The summed E-state index contributed by atoms with van der Waals surface area (Å²) in [6, 6.07) is 8.48. The second-order valence-electron chi connectivity index (χ2n) is 4.32. The minimum atomic E-state index is -0.0899. The van der Waals surface area contributed by atoms with Crippen LogP contribution < -0.4 is 10.6 Å². The lowest BCUT2D eigenvalue weighted by Crippen LogP contribution is -2.42. The van der Waals surface area contributed by atoms with Crippen LogP contribution in [0.2, 0.25) is 0 Å². The Kier molecular flexibility index (Phi) is 4.26. The summed E-state index contributed by atoms with van der Waals surface area (Å²) in [4.78, 5) is 11.6. The molecule has 2 N–H and O–H groups in total. The second-order valence-corrected chi connectivity index (χ2v) is 4.69. The van der Waals surface area contributed by atoms with Crippen molar-refractivity contribution >= 4 is 17.6 Å². The predicted octanol–water partition coefficient (Wildman–Crippen LogP) is 2.08. The molecule has 92 valence electrons. The number of hydrogen-bond donors (Lipinski definition) is 2. The number of amides is 2. The molecule has 0 aromatic heterocycles. The Morgan fingerprint density at radius 2 is 1.94 bits per heavy atom. The molecule has 0 saturated carbocycles. The van der Waals surface area contributed by atoms with Gasteiger partial charge in [0, 0.05) is 18.5 Å². The lowest BCUT2D eigenvalue weighted by Gasteiger charge is -2.12. The van der Waals surface area contributed by atoms with Gasteiger partial charge in [-0.1, -0.05) is 24.3 Å². The molecule has 0 unspecified atom stereocenters. The van der Waals surface area contributed by atoms with Crippen molar-refractivity contribution in [2.75, 3.05) is 12.4 Å². The maximum absolute atomic E-state index is 11.6. The monoisotopic (exact) mass is 252 g/mol. The predicted molar refractivity (Wildman–Crippen MR) is 69.5 cm³/mol. The van der Waals surface area contributed by atoms with Gasteiger partial charge in [-0.05, 0) is 30.4 Å². The molecule has 1 aromatic carbocycles. The molecule has 0 radical (unpaired) electrons. The van der Waals surface area contributed by atoms with Gasteiger partial charge in [0.25, 0.3) is 0 Å². The molecule has 1 aromatic rings. The van der Waals surface area contributed by atoms with E-state index in [9.17, 15) is 4.79 Å². The van der Waals surface area contributed by atoms with Crippen molar-refractivity contribution in [1.82, 2.24) is 10.6 Å². The molecule has 0 heterocycles. The van der Waals surface area contributed by atoms with E-state index in [0.29, 0.717) is 12.4 Å². The number of urea groups is 1. The molecule has 0 saturated heterocycles. The summed E-state index contributed by atoms with van der Waals surface area (Å²) in [5, 5.41) is 5.79. The fraction of sp³-hybridized carbons (Fsp3) is 0.462. The van der Waals surface area contributed by atoms with E-state index in [1.54, 1.807) is 0 Å². The van der Waals surface area contributed by atoms with E-state index >= 15 is 0 Å². The maximum Gasteiger partial charge on any atom is 0.315 e. The molecule has 17 heavy (non-hydrogen) atoms. The first-order chi connectivity index (χ1) is 8.29. The summed E-state index contributed by atoms with van der Waals surface area (Å²) >= 11 is 5.54.